The van der Waals surface area contributed by atoms with E-state index in [1.54, 1.807) is 36.2 Å². The molecule has 0 saturated carbocycles. The van der Waals surface area contributed by atoms with Crippen molar-refractivity contribution < 1.29 is 13.2 Å². The maximum atomic E-state index is 12.8. The lowest BCUT2D eigenvalue weighted by molar-refractivity contribution is 0.0698. The van der Waals surface area contributed by atoms with Crippen LogP contribution in [0.5, 0.6) is 0 Å². The number of aromatic nitrogens is 1. The van der Waals surface area contributed by atoms with Gasteiger partial charge in [-0.05, 0) is 37.5 Å². The minimum absolute atomic E-state index is 0.104. The molecule has 1 aromatic carbocycles. The second kappa shape index (κ2) is 7.34. The largest absolute Gasteiger partial charge is 0.378 e. The summed E-state index contributed by atoms with van der Waals surface area (Å²) in [6.45, 7) is 5.02. The van der Waals surface area contributed by atoms with Crippen molar-refractivity contribution in [1.82, 2.24) is 13.6 Å². The zero-order valence-corrected chi connectivity index (χ0v) is 16.7. The van der Waals surface area contributed by atoms with Gasteiger partial charge in [0.2, 0.25) is 10.0 Å². The van der Waals surface area contributed by atoms with Crippen molar-refractivity contribution in [2.75, 3.05) is 38.5 Å². The Kier molecular flexibility index (Phi) is 5.31. The maximum absolute atomic E-state index is 12.8. The molecule has 0 bridgehead atoms. The smallest absolute Gasteiger partial charge is 0.258 e. The van der Waals surface area contributed by atoms with Crippen LogP contribution < -0.4 is 5.32 Å². The summed E-state index contributed by atoms with van der Waals surface area (Å²) in [5.74, 6) is -0.104. The average Bonchev–Trinajstić information content (AvgIpc) is 3.02. The molecular formula is C17H22N4O3S2. The van der Waals surface area contributed by atoms with Gasteiger partial charge >= 0.3 is 0 Å². The molecule has 0 spiro atoms. The molecular weight excluding hydrogens is 372 g/mol. The number of carbonyl (C=O) groups is 1. The number of hydrogen-bond acceptors (Lipinski definition) is 6. The van der Waals surface area contributed by atoms with Crippen LogP contribution >= 0.6 is 11.5 Å². The molecule has 1 N–H and O–H groups in total. The van der Waals surface area contributed by atoms with E-state index in [0.717, 1.165) is 10.6 Å². The first-order chi connectivity index (χ1) is 12.3. The van der Waals surface area contributed by atoms with Crippen LogP contribution in [-0.2, 0) is 10.0 Å². The molecule has 140 valence electrons. The molecule has 3 rings (SSSR count). The summed E-state index contributed by atoms with van der Waals surface area (Å²) < 4.78 is 31.2. The molecule has 1 fully saturated rings. The summed E-state index contributed by atoms with van der Waals surface area (Å²) >= 11 is 1.26. The van der Waals surface area contributed by atoms with Crippen LogP contribution in [0, 0.1) is 13.8 Å². The van der Waals surface area contributed by atoms with Crippen LogP contribution in [0.3, 0.4) is 0 Å². The number of hydrogen-bond donors (Lipinski definition) is 1. The Morgan fingerprint density at radius 2 is 1.73 bits per heavy atom. The average molecular weight is 395 g/mol. The molecule has 1 aromatic heterocycles. The van der Waals surface area contributed by atoms with E-state index in [2.05, 4.69) is 9.69 Å². The van der Waals surface area contributed by atoms with E-state index in [9.17, 15) is 13.2 Å². The molecule has 2 heterocycles. The van der Waals surface area contributed by atoms with Gasteiger partial charge in [-0.15, -0.1) is 0 Å². The molecule has 26 heavy (non-hydrogen) atoms. The van der Waals surface area contributed by atoms with Gasteiger partial charge in [-0.3, -0.25) is 4.79 Å². The summed E-state index contributed by atoms with van der Waals surface area (Å²) in [7, 11) is -1.77. The number of nitrogens with zero attached hydrogens (tertiary/aromatic N) is 3. The Morgan fingerprint density at radius 3 is 2.31 bits per heavy atom. The van der Waals surface area contributed by atoms with Crippen LogP contribution in [0.2, 0.25) is 0 Å². The Hall–Kier alpha value is -1.97. The van der Waals surface area contributed by atoms with Crippen molar-refractivity contribution in [2.45, 2.75) is 18.7 Å². The third-order valence-electron chi connectivity index (χ3n) is 4.49. The van der Waals surface area contributed by atoms with Gasteiger partial charge in [0, 0.05) is 33.2 Å². The van der Waals surface area contributed by atoms with Gasteiger partial charge in [0.25, 0.3) is 5.91 Å². The van der Waals surface area contributed by atoms with Crippen molar-refractivity contribution in [3.8, 4) is 0 Å². The number of carbonyl (C=O) groups excluding carboxylic acids is 1. The molecule has 0 atom stereocenters. The highest BCUT2D eigenvalue weighted by Gasteiger charge is 2.32. The van der Waals surface area contributed by atoms with E-state index in [1.165, 1.54) is 15.8 Å². The fourth-order valence-electron chi connectivity index (χ4n) is 2.94. The van der Waals surface area contributed by atoms with Gasteiger partial charge in [-0.25, -0.2) is 8.42 Å². The highest BCUT2D eigenvalue weighted by molar-refractivity contribution is 7.89. The van der Waals surface area contributed by atoms with Gasteiger partial charge in [0.05, 0.1) is 16.2 Å². The van der Waals surface area contributed by atoms with Gasteiger partial charge in [0.15, 0.2) is 0 Å². The number of anilines is 1. The highest BCUT2D eigenvalue weighted by Crippen LogP contribution is 2.26. The first kappa shape index (κ1) is 18.8. The third-order valence-corrected chi connectivity index (χ3v) is 7.36. The van der Waals surface area contributed by atoms with E-state index in [4.69, 9.17) is 0 Å². The standard InChI is InChI=1S/C17H22N4O3S2/c1-12-4-6-14(7-5-12)26(23,24)21-10-8-20(9-11-21)17(22)15-13(2)19-25-16(15)18-3/h4-7,18H,8-11H2,1-3H3. The van der Waals surface area contributed by atoms with Crippen LogP contribution in [0.25, 0.3) is 0 Å². The molecule has 1 amide bonds. The highest BCUT2D eigenvalue weighted by atomic mass is 32.2. The zero-order valence-electron chi connectivity index (χ0n) is 15.0. The molecule has 9 heteroatoms. The second-order valence-electron chi connectivity index (χ2n) is 6.23. The maximum Gasteiger partial charge on any atom is 0.258 e. The predicted molar refractivity (Wildman–Crippen MR) is 102 cm³/mol. The molecule has 1 saturated heterocycles. The lowest BCUT2D eigenvalue weighted by Gasteiger charge is -2.34. The van der Waals surface area contributed by atoms with Gasteiger partial charge in [-0.1, -0.05) is 17.7 Å². The quantitative estimate of drug-likeness (QED) is 0.857. The normalized spacial score (nSPS) is 15.9. The summed E-state index contributed by atoms with van der Waals surface area (Å²) in [6.07, 6.45) is 0. The number of benzene rings is 1. The van der Waals surface area contributed by atoms with Crippen molar-refractivity contribution in [3.05, 3.63) is 41.1 Å². The minimum Gasteiger partial charge on any atom is -0.378 e. The van der Waals surface area contributed by atoms with Crippen LogP contribution in [0.15, 0.2) is 29.2 Å². The Morgan fingerprint density at radius 1 is 1.12 bits per heavy atom. The first-order valence-corrected chi connectivity index (χ1v) is 10.6. The Bertz CT molecular complexity index is 899. The number of aryl methyl sites for hydroxylation is 2. The van der Waals surface area contributed by atoms with E-state index in [-0.39, 0.29) is 19.0 Å². The SMILES string of the molecule is CNc1snc(C)c1C(=O)N1CCN(S(=O)(=O)c2ccc(C)cc2)CC1. The molecule has 2 aromatic rings. The fourth-order valence-corrected chi connectivity index (χ4v) is 5.10. The van der Waals surface area contributed by atoms with Crippen molar-refractivity contribution in [1.29, 1.82) is 0 Å². The number of sulfonamides is 1. The van der Waals surface area contributed by atoms with E-state index >= 15 is 0 Å². The van der Waals surface area contributed by atoms with E-state index < -0.39 is 10.0 Å². The zero-order chi connectivity index (χ0) is 18.9. The molecule has 0 aliphatic carbocycles. The minimum atomic E-state index is -3.53. The van der Waals surface area contributed by atoms with E-state index in [1.807, 2.05) is 13.8 Å². The number of piperazine rings is 1. The molecule has 7 nitrogen and oxygen atoms in total. The first-order valence-electron chi connectivity index (χ1n) is 8.34. The molecule has 1 aliphatic rings. The van der Waals surface area contributed by atoms with Crippen molar-refractivity contribution in [2.24, 2.45) is 0 Å². The summed E-state index contributed by atoms with van der Waals surface area (Å²) in [4.78, 5) is 14.8. The predicted octanol–water partition coefficient (Wildman–Crippen LogP) is 1.95. The van der Waals surface area contributed by atoms with Crippen LogP contribution in [0.1, 0.15) is 21.6 Å². The number of nitrogens with one attached hydrogen (secondary N) is 1. The number of rotatable bonds is 4. The van der Waals surface area contributed by atoms with Crippen molar-refractivity contribution >= 4 is 32.5 Å². The third kappa shape index (κ3) is 3.46. The Balaban J connectivity index is 1.72. The van der Waals surface area contributed by atoms with Crippen LogP contribution in [-0.4, -0.2) is 61.1 Å². The lowest BCUT2D eigenvalue weighted by Crippen LogP contribution is -2.50. The van der Waals surface area contributed by atoms with Crippen LogP contribution in [0.4, 0.5) is 5.00 Å². The molecule has 0 unspecified atom stereocenters. The topological polar surface area (TPSA) is 82.6 Å². The Labute approximate surface area is 157 Å². The van der Waals surface area contributed by atoms with Crippen molar-refractivity contribution in [3.63, 3.8) is 0 Å². The fraction of sp³-hybridized carbons (Fsp3) is 0.412. The van der Waals surface area contributed by atoms with Gasteiger partial charge in [-0.2, -0.15) is 8.68 Å². The number of amides is 1. The second-order valence-corrected chi connectivity index (χ2v) is 8.94. The summed E-state index contributed by atoms with van der Waals surface area (Å²) in [5.41, 5.74) is 2.28. The lowest BCUT2D eigenvalue weighted by atomic mass is 10.2. The van der Waals surface area contributed by atoms with Gasteiger partial charge < -0.3 is 10.2 Å². The monoisotopic (exact) mass is 394 g/mol. The summed E-state index contributed by atoms with van der Waals surface area (Å²) in [6, 6.07) is 6.83. The molecule has 0 radical (unpaired) electrons. The molecule has 1 aliphatic heterocycles. The van der Waals surface area contributed by atoms with Gasteiger partial charge in [0.1, 0.15) is 5.00 Å². The van der Waals surface area contributed by atoms with E-state index in [0.29, 0.717) is 29.2 Å². The summed E-state index contributed by atoms with van der Waals surface area (Å²) in [5, 5.41) is 3.74.